The average Bonchev–Trinajstić information content (AvgIpc) is 3.25. The van der Waals surface area contributed by atoms with Gasteiger partial charge in [0.15, 0.2) is 5.16 Å². The van der Waals surface area contributed by atoms with Crippen LogP contribution in [0.25, 0.3) is 0 Å². The Bertz CT molecular complexity index is 718. The van der Waals surface area contributed by atoms with Crippen LogP contribution in [0.3, 0.4) is 0 Å². The number of carbonyl (C=O) groups excluding carboxylic acids is 1. The number of thioether (sulfide) groups is 1. The molecule has 1 aromatic heterocycles. The van der Waals surface area contributed by atoms with Gasteiger partial charge in [-0.15, -0.1) is 10.2 Å². The molecule has 1 aliphatic heterocycles. The summed E-state index contributed by atoms with van der Waals surface area (Å²) >= 11 is 1.46. The molecule has 7 heteroatoms. The van der Waals surface area contributed by atoms with E-state index in [9.17, 15) is 4.79 Å². The summed E-state index contributed by atoms with van der Waals surface area (Å²) in [5, 5.41) is 11.9. The molecule has 0 saturated carbocycles. The van der Waals surface area contributed by atoms with Crippen molar-refractivity contribution in [3.8, 4) is 0 Å². The third kappa shape index (κ3) is 4.86. The van der Waals surface area contributed by atoms with E-state index in [1.54, 1.807) is 6.33 Å². The van der Waals surface area contributed by atoms with Gasteiger partial charge in [0.05, 0.1) is 5.25 Å². The molecule has 0 bridgehead atoms. The number of hydrogen-bond acceptors (Lipinski definition) is 5. The number of aromatic nitrogens is 3. The Morgan fingerprint density at radius 3 is 2.81 bits per heavy atom. The van der Waals surface area contributed by atoms with Gasteiger partial charge < -0.3 is 9.88 Å². The Labute approximate surface area is 159 Å². The van der Waals surface area contributed by atoms with Crippen molar-refractivity contribution in [1.82, 2.24) is 25.0 Å². The predicted octanol–water partition coefficient (Wildman–Crippen LogP) is 2.73. The molecule has 1 fully saturated rings. The summed E-state index contributed by atoms with van der Waals surface area (Å²) in [5.41, 5.74) is 1.32. The van der Waals surface area contributed by atoms with Gasteiger partial charge in [-0.05, 0) is 32.8 Å². The van der Waals surface area contributed by atoms with Gasteiger partial charge in [0.25, 0.3) is 0 Å². The number of benzene rings is 1. The zero-order valence-corrected chi connectivity index (χ0v) is 16.4. The van der Waals surface area contributed by atoms with Crippen molar-refractivity contribution >= 4 is 17.7 Å². The molecular weight excluding hydrogens is 346 g/mol. The van der Waals surface area contributed by atoms with Crippen molar-refractivity contribution in [3.63, 3.8) is 0 Å². The van der Waals surface area contributed by atoms with Crippen LogP contribution in [0.1, 0.15) is 38.8 Å². The largest absolute Gasteiger partial charge is 0.351 e. The van der Waals surface area contributed by atoms with E-state index < -0.39 is 0 Å². The highest BCUT2D eigenvalue weighted by Crippen LogP contribution is 2.24. The monoisotopic (exact) mass is 373 g/mol. The minimum absolute atomic E-state index is 0.0693. The van der Waals surface area contributed by atoms with E-state index in [1.807, 2.05) is 17.6 Å². The normalized spacial score (nSPS) is 19.0. The molecule has 2 heterocycles. The molecule has 1 aromatic carbocycles. The molecule has 1 N–H and O–H groups in total. The number of carbonyl (C=O) groups is 1. The predicted molar refractivity (Wildman–Crippen MR) is 104 cm³/mol. The van der Waals surface area contributed by atoms with Gasteiger partial charge >= 0.3 is 0 Å². The first kappa shape index (κ1) is 18.9. The van der Waals surface area contributed by atoms with Crippen LogP contribution in [-0.4, -0.2) is 50.0 Å². The highest BCUT2D eigenvalue weighted by atomic mass is 32.2. The molecule has 6 nitrogen and oxygen atoms in total. The summed E-state index contributed by atoms with van der Waals surface area (Å²) in [4.78, 5) is 15.0. The van der Waals surface area contributed by atoms with Crippen LogP contribution in [0.2, 0.25) is 0 Å². The topological polar surface area (TPSA) is 63.1 Å². The lowest BCUT2D eigenvalue weighted by atomic mass is 10.2. The molecule has 26 heavy (non-hydrogen) atoms. The molecule has 1 saturated heterocycles. The quantitative estimate of drug-likeness (QED) is 0.756. The number of nitrogens with one attached hydrogen (secondary N) is 1. The molecule has 0 spiro atoms. The second kappa shape index (κ2) is 8.68. The maximum atomic E-state index is 12.6. The van der Waals surface area contributed by atoms with Crippen LogP contribution in [0, 0.1) is 0 Å². The average molecular weight is 374 g/mol. The van der Waals surface area contributed by atoms with Crippen LogP contribution >= 0.6 is 11.8 Å². The molecule has 140 valence electrons. The van der Waals surface area contributed by atoms with Crippen molar-refractivity contribution in [2.24, 2.45) is 0 Å². The van der Waals surface area contributed by atoms with Gasteiger partial charge in [-0.2, -0.15) is 0 Å². The first-order chi connectivity index (χ1) is 12.5. The van der Waals surface area contributed by atoms with E-state index in [4.69, 9.17) is 0 Å². The number of rotatable bonds is 7. The third-order valence-corrected chi connectivity index (χ3v) is 5.69. The van der Waals surface area contributed by atoms with Crippen molar-refractivity contribution in [3.05, 3.63) is 42.2 Å². The van der Waals surface area contributed by atoms with E-state index >= 15 is 0 Å². The first-order valence-corrected chi connectivity index (χ1v) is 10.0. The van der Waals surface area contributed by atoms with Crippen molar-refractivity contribution < 1.29 is 4.79 Å². The summed E-state index contributed by atoms with van der Waals surface area (Å²) in [5.74, 6) is 0.0693. The van der Waals surface area contributed by atoms with E-state index in [-0.39, 0.29) is 23.2 Å². The molecule has 0 aliphatic carbocycles. The molecule has 3 rings (SSSR count). The van der Waals surface area contributed by atoms with Crippen LogP contribution in [-0.2, 0) is 11.3 Å². The zero-order valence-electron chi connectivity index (χ0n) is 15.6. The Morgan fingerprint density at radius 2 is 2.08 bits per heavy atom. The van der Waals surface area contributed by atoms with Gasteiger partial charge in [-0.3, -0.25) is 9.69 Å². The zero-order chi connectivity index (χ0) is 18.5. The van der Waals surface area contributed by atoms with E-state index in [1.165, 1.54) is 17.3 Å². The SMILES string of the molecule is CC(Sc1nncn1C(C)C)C(=O)NC1CCN(Cc2ccccc2)C1. The van der Waals surface area contributed by atoms with Crippen LogP contribution in [0.5, 0.6) is 0 Å². The third-order valence-electron chi connectivity index (χ3n) is 4.62. The number of hydrogen-bond donors (Lipinski definition) is 1. The van der Waals surface area contributed by atoms with Crippen molar-refractivity contribution in [1.29, 1.82) is 0 Å². The molecule has 2 atom stereocenters. The second-order valence-corrected chi connectivity index (χ2v) is 8.40. The molecule has 2 unspecified atom stereocenters. The van der Waals surface area contributed by atoms with Crippen LogP contribution in [0.15, 0.2) is 41.8 Å². The van der Waals surface area contributed by atoms with Gasteiger partial charge in [-0.25, -0.2) is 0 Å². The van der Waals surface area contributed by atoms with Crippen LogP contribution < -0.4 is 5.32 Å². The van der Waals surface area contributed by atoms with Gasteiger partial charge in [0.2, 0.25) is 5.91 Å². The Morgan fingerprint density at radius 1 is 1.31 bits per heavy atom. The fourth-order valence-electron chi connectivity index (χ4n) is 3.14. The van der Waals surface area contributed by atoms with Crippen LogP contribution in [0.4, 0.5) is 0 Å². The maximum Gasteiger partial charge on any atom is 0.233 e. The van der Waals surface area contributed by atoms with E-state index in [0.717, 1.165) is 31.2 Å². The van der Waals surface area contributed by atoms with Crippen molar-refractivity contribution in [2.45, 2.75) is 56.2 Å². The summed E-state index contributed by atoms with van der Waals surface area (Å²) < 4.78 is 1.99. The second-order valence-electron chi connectivity index (χ2n) is 7.09. The molecule has 0 radical (unpaired) electrons. The molecule has 1 aliphatic rings. The first-order valence-electron chi connectivity index (χ1n) is 9.15. The molecule has 2 aromatic rings. The number of amides is 1. The standard InChI is InChI=1S/C19H27N5OS/c1-14(2)24-13-20-22-19(24)26-15(3)18(25)21-17-9-10-23(12-17)11-16-7-5-4-6-8-16/h4-8,13-15,17H,9-12H2,1-3H3,(H,21,25). The molecule has 1 amide bonds. The summed E-state index contributed by atoms with van der Waals surface area (Å²) in [6, 6.07) is 11.0. The highest BCUT2D eigenvalue weighted by molar-refractivity contribution is 8.00. The number of nitrogens with zero attached hydrogens (tertiary/aromatic N) is 4. The Kier molecular flexibility index (Phi) is 6.32. The van der Waals surface area contributed by atoms with Crippen molar-refractivity contribution in [2.75, 3.05) is 13.1 Å². The lowest BCUT2D eigenvalue weighted by molar-refractivity contribution is -0.120. The molecular formula is C19H27N5OS. The Balaban J connectivity index is 1.48. The lowest BCUT2D eigenvalue weighted by Gasteiger charge is -2.19. The van der Waals surface area contributed by atoms with Gasteiger partial charge in [-0.1, -0.05) is 42.1 Å². The minimum atomic E-state index is -0.195. The summed E-state index contributed by atoms with van der Waals surface area (Å²) in [6.45, 7) is 8.95. The fraction of sp³-hybridized carbons (Fsp3) is 0.526. The van der Waals surface area contributed by atoms with E-state index in [0.29, 0.717) is 0 Å². The Hall–Kier alpha value is -1.86. The summed E-state index contributed by atoms with van der Waals surface area (Å²) in [7, 11) is 0. The fourth-order valence-corrected chi connectivity index (χ4v) is 4.10. The van der Waals surface area contributed by atoms with Gasteiger partial charge in [0.1, 0.15) is 6.33 Å². The number of likely N-dealkylation sites (tertiary alicyclic amines) is 1. The summed E-state index contributed by atoms with van der Waals surface area (Å²) in [6.07, 6.45) is 2.72. The highest BCUT2D eigenvalue weighted by Gasteiger charge is 2.26. The lowest BCUT2D eigenvalue weighted by Crippen LogP contribution is -2.40. The maximum absolute atomic E-state index is 12.6. The van der Waals surface area contributed by atoms with Gasteiger partial charge in [0, 0.05) is 31.7 Å². The smallest absolute Gasteiger partial charge is 0.233 e. The van der Waals surface area contributed by atoms with E-state index in [2.05, 4.69) is 58.5 Å². The minimum Gasteiger partial charge on any atom is -0.351 e.